The van der Waals surface area contributed by atoms with E-state index in [1.165, 1.54) is 25.5 Å². The normalized spacial score (nSPS) is 17.7. The number of hydrogen-bond acceptors (Lipinski definition) is 10. The first kappa shape index (κ1) is 32.4. The summed E-state index contributed by atoms with van der Waals surface area (Å²) < 4.78 is 42.0. The molecule has 0 bridgehead atoms. The van der Waals surface area contributed by atoms with Crippen molar-refractivity contribution in [3.05, 3.63) is 43.0 Å². The van der Waals surface area contributed by atoms with E-state index in [-0.39, 0.29) is 22.6 Å². The predicted molar refractivity (Wildman–Crippen MR) is 174 cm³/mol. The van der Waals surface area contributed by atoms with Crippen molar-refractivity contribution >= 4 is 39.1 Å². The standard InChI is InChI=1S/C32H39N7O7S/c1-20-7-6-10-37(20)24-13-21(14-25(15-24)47(43,44)36(5)31(42)46-32(2,3)4)27-17-33-29-28(35-27)26(19-38(29)30(40)41)22-16-34-39(18-22)23-8-11-45-12-9-23/h13-20,23H,6-12H2,1-5H3,(H,40,41)/t20-/m1/s1. The second-order valence-electron chi connectivity index (χ2n) is 13.0. The fourth-order valence-electron chi connectivity index (χ4n) is 6.06. The number of sulfonamides is 1. The highest BCUT2D eigenvalue weighted by Crippen LogP contribution is 2.36. The molecule has 2 aliphatic rings. The molecule has 5 heterocycles. The molecular formula is C32H39N7O7S. The fourth-order valence-corrected chi connectivity index (χ4v) is 7.15. The van der Waals surface area contributed by atoms with Crippen molar-refractivity contribution in [1.29, 1.82) is 0 Å². The van der Waals surface area contributed by atoms with E-state index in [2.05, 4.69) is 21.9 Å². The maximum absolute atomic E-state index is 13.8. The van der Waals surface area contributed by atoms with E-state index in [0.717, 1.165) is 36.8 Å². The number of fused-ring (bicyclic) bond motifs is 1. The Labute approximate surface area is 273 Å². The topological polar surface area (TPSA) is 162 Å². The Bertz CT molecular complexity index is 1940. The van der Waals surface area contributed by atoms with Crippen molar-refractivity contribution in [2.75, 3.05) is 31.7 Å². The van der Waals surface area contributed by atoms with E-state index in [0.29, 0.717) is 51.1 Å². The number of nitrogens with zero attached hydrogens (tertiary/aromatic N) is 7. The largest absolute Gasteiger partial charge is 0.464 e. The van der Waals surface area contributed by atoms with Crippen LogP contribution >= 0.6 is 0 Å². The number of amides is 1. The summed E-state index contributed by atoms with van der Waals surface area (Å²) in [4.78, 5) is 36.4. The number of anilines is 1. The van der Waals surface area contributed by atoms with Crippen LogP contribution in [0.2, 0.25) is 0 Å². The number of carbonyl (C=O) groups excluding carboxylic acids is 1. The monoisotopic (exact) mass is 665 g/mol. The lowest BCUT2D eigenvalue weighted by molar-refractivity contribution is 0.0420. The van der Waals surface area contributed by atoms with Gasteiger partial charge in [-0.3, -0.25) is 4.68 Å². The summed E-state index contributed by atoms with van der Waals surface area (Å²) in [6.07, 6.45) is 7.77. The maximum atomic E-state index is 13.8. The smallest absolute Gasteiger partial charge is 0.424 e. The van der Waals surface area contributed by atoms with Crippen LogP contribution in [0, 0.1) is 0 Å². The van der Waals surface area contributed by atoms with Crippen molar-refractivity contribution in [3.8, 4) is 22.4 Å². The van der Waals surface area contributed by atoms with Crippen LogP contribution in [-0.4, -0.2) is 92.8 Å². The second-order valence-corrected chi connectivity index (χ2v) is 15.0. The first-order valence-corrected chi connectivity index (χ1v) is 17.0. The molecule has 2 aliphatic heterocycles. The molecule has 1 N–H and O–H groups in total. The van der Waals surface area contributed by atoms with Crippen molar-refractivity contribution < 1.29 is 32.6 Å². The Morgan fingerprint density at radius 1 is 1.06 bits per heavy atom. The van der Waals surface area contributed by atoms with Gasteiger partial charge in [0.25, 0.3) is 10.0 Å². The summed E-state index contributed by atoms with van der Waals surface area (Å²) in [5.74, 6) is 0. The van der Waals surface area contributed by atoms with Crippen molar-refractivity contribution in [1.82, 2.24) is 28.6 Å². The quantitative estimate of drug-likeness (QED) is 0.281. The zero-order valence-electron chi connectivity index (χ0n) is 27.1. The van der Waals surface area contributed by atoms with Gasteiger partial charge in [-0.1, -0.05) is 0 Å². The molecule has 14 nitrogen and oxygen atoms in total. The Balaban J connectivity index is 1.46. The Morgan fingerprint density at radius 2 is 1.81 bits per heavy atom. The van der Waals surface area contributed by atoms with Crippen molar-refractivity contribution in [3.63, 3.8) is 0 Å². The van der Waals surface area contributed by atoms with Crippen LogP contribution in [0.15, 0.2) is 47.9 Å². The van der Waals surface area contributed by atoms with E-state index in [1.54, 1.807) is 33.0 Å². The molecule has 3 aromatic heterocycles. The molecule has 0 aliphatic carbocycles. The van der Waals surface area contributed by atoms with Gasteiger partial charge in [0.05, 0.1) is 29.0 Å². The predicted octanol–water partition coefficient (Wildman–Crippen LogP) is 5.38. The highest BCUT2D eigenvalue weighted by atomic mass is 32.2. The lowest BCUT2D eigenvalue weighted by Gasteiger charge is -2.27. The molecule has 4 aromatic rings. The van der Waals surface area contributed by atoms with Crippen LogP contribution in [0.25, 0.3) is 33.5 Å². The van der Waals surface area contributed by atoms with Crippen LogP contribution in [0.4, 0.5) is 15.3 Å². The van der Waals surface area contributed by atoms with Gasteiger partial charge in [-0.2, -0.15) is 5.10 Å². The van der Waals surface area contributed by atoms with Gasteiger partial charge in [0.15, 0.2) is 5.65 Å². The zero-order chi connectivity index (χ0) is 33.7. The summed E-state index contributed by atoms with van der Waals surface area (Å²) in [7, 11) is -3.17. The highest BCUT2D eigenvalue weighted by molar-refractivity contribution is 7.89. The average Bonchev–Trinajstić information content (AvgIpc) is 3.78. The number of hydrogen-bond donors (Lipinski definition) is 1. The van der Waals surface area contributed by atoms with Gasteiger partial charge in [-0.25, -0.2) is 36.8 Å². The second kappa shape index (κ2) is 12.3. The number of benzene rings is 1. The number of ether oxygens (including phenoxy) is 2. The minimum absolute atomic E-state index is 0.111. The molecule has 6 rings (SSSR count). The molecule has 0 spiro atoms. The van der Waals surface area contributed by atoms with Gasteiger partial charge in [-0.15, -0.1) is 0 Å². The highest BCUT2D eigenvalue weighted by Gasteiger charge is 2.32. The summed E-state index contributed by atoms with van der Waals surface area (Å²) in [6, 6.07) is 5.20. The molecule has 250 valence electrons. The molecule has 2 fully saturated rings. The van der Waals surface area contributed by atoms with Gasteiger partial charge in [-0.05, 0) is 71.6 Å². The third kappa shape index (κ3) is 6.41. The molecule has 1 aromatic carbocycles. The van der Waals surface area contributed by atoms with Crippen LogP contribution in [-0.2, 0) is 19.5 Å². The van der Waals surface area contributed by atoms with E-state index in [4.69, 9.17) is 14.5 Å². The minimum Gasteiger partial charge on any atom is -0.464 e. The summed E-state index contributed by atoms with van der Waals surface area (Å²) >= 11 is 0. The molecular weight excluding hydrogens is 626 g/mol. The molecule has 0 unspecified atom stereocenters. The Kier molecular flexibility index (Phi) is 8.47. The summed E-state index contributed by atoms with van der Waals surface area (Å²) in [6.45, 7) is 9.09. The first-order chi connectivity index (χ1) is 22.2. The third-order valence-electron chi connectivity index (χ3n) is 8.56. The molecule has 1 atom stereocenters. The summed E-state index contributed by atoms with van der Waals surface area (Å²) in [5, 5.41) is 14.5. The Hall–Kier alpha value is -4.50. The minimum atomic E-state index is -4.34. The number of carboxylic acid groups (broad SMARTS) is 1. The van der Waals surface area contributed by atoms with Gasteiger partial charge >= 0.3 is 12.2 Å². The van der Waals surface area contributed by atoms with Crippen LogP contribution in [0.1, 0.15) is 59.4 Å². The molecule has 0 saturated carbocycles. The zero-order valence-corrected chi connectivity index (χ0v) is 27.9. The van der Waals surface area contributed by atoms with Crippen molar-refractivity contribution in [2.24, 2.45) is 0 Å². The van der Waals surface area contributed by atoms with E-state index in [1.807, 2.05) is 16.9 Å². The summed E-state index contributed by atoms with van der Waals surface area (Å²) in [5.41, 5.74) is 2.21. The molecule has 0 radical (unpaired) electrons. The number of aromatic nitrogens is 5. The van der Waals surface area contributed by atoms with Crippen LogP contribution in [0.3, 0.4) is 0 Å². The lowest BCUT2D eigenvalue weighted by atomic mass is 10.1. The van der Waals surface area contributed by atoms with Gasteiger partial charge < -0.3 is 19.5 Å². The Morgan fingerprint density at radius 3 is 2.47 bits per heavy atom. The number of carbonyl (C=O) groups is 2. The average molecular weight is 666 g/mol. The molecule has 15 heteroatoms. The third-order valence-corrected chi connectivity index (χ3v) is 10.3. The SMILES string of the molecule is C[C@@H]1CCCN1c1cc(-c2cnc3c(n2)c(-c2cnn(C4CCOCC4)c2)cn3C(=O)O)cc(S(=O)(=O)N(C)C(=O)OC(C)(C)C)c1. The van der Waals surface area contributed by atoms with Gasteiger partial charge in [0.1, 0.15) is 11.1 Å². The molecule has 47 heavy (non-hydrogen) atoms. The van der Waals surface area contributed by atoms with Gasteiger partial charge in [0, 0.05) is 67.6 Å². The first-order valence-electron chi connectivity index (χ1n) is 15.6. The lowest BCUT2D eigenvalue weighted by Crippen LogP contribution is -2.38. The van der Waals surface area contributed by atoms with Crippen LogP contribution in [0.5, 0.6) is 0 Å². The van der Waals surface area contributed by atoms with Crippen LogP contribution < -0.4 is 4.90 Å². The molecule has 2 saturated heterocycles. The number of rotatable bonds is 6. The van der Waals surface area contributed by atoms with E-state index >= 15 is 0 Å². The maximum Gasteiger partial charge on any atom is 0.424 e. The van der Waals surface area contributed by atoms with Gasteiger partial charge in [0.2, 0.25) is 0 Å². The fraction of sp³-hybridized carbons (Fsp3) is 0.469. The molecule has 1 amide bonds. The van der Waals surface area contributed by atoms with E-state index < -0.39 is 27.8 Å². The van der Waals surface area contributed by atoms with Crippen molar-refractivity contribution in [2.45, 2.75) is 76.0 Å². The van der Waals surface area contributed by atoms with E-state index in [9.17, 15) is 23.1 Å².